The summed E-state index contributed by atoms with van der Waals surface area (Å²) in [5.74, 6) is -1.01. The molecule has 74 valence electrons. The van der Waals surface area contributed by atoms with E-state index in [1.807, 2.05) is 0 Å². The lowest BCUT2D eigenvalue weighted by Crippen LogP contribution is -2.09. The number of hydrogen-bond acceptors (Lipinski definition) is 4. The molecule has 0 radical (unpaired) electrons. The van der Waals surface area contributed by atoms with Gasteiger partial charge in [-0.25, -0.2) is 0 Å². The summed E-state index contributed by atoms with van der Waals surface area (Å²) in [6, 6.07) is 0. The fourth-order valence-corrected chi connectivity index (χ4v) is 0.693. The van der Waals surface area contributed by atoms with Gasteiger partial charge in [-0.1, -0.05) is 6.92 Å². The number of carbonyl (C=O) groups is 2. The normalized spacial score (nSPS) is 11.1. The molecule has 0 aliphatic carbocycles. The minimum atomic E-state index is -0.562. The molecule has 0 spiro atoms. The molecule has 0 atom stereocenters. The third-order valence-corrected chi connectivity index (χ3v) is 1.31. The van der Waals surface area contributed by atoms with Crippen LogP contribution in [-0.4, -0.2) is 23.5 Å². The van der Waals surface area contributed by atoms with Crippen LogP contribution in [0, 0.1) is 0 Å². The Hall–Kier alpha value is -1.32. The second kappa shape index (κ2) is 6.22. The van der Waals surface area contributed by atoms with Crippen LogP contribution in [0.15, 0.2) is 11.8 Å². The second-order valence-corrected chi connectivity index (χ2v) is 2.44. The number of ketones is 1. The molecule has 0 rings (SSSR count). The average molecular weight is 186 g/mol. The van der Waals surface area contributed by atoms with Gasteiger partial charge in [-0.2, -0.15) is 0 Å². The van der Waals surface area contributed by atoms with Crippen molar-refractivity contribution in [3.8, 4) is 0 Å². The average Bonchev–Trinajstić information content (AvgIpc) is 2.04. The molecule has 0 aromatic heterocycles. The number of hydrogen-bond donors (Lipinski definition) is 1. The van der Waals surface area contributed by atoms with Gasteiger partial charge in [0.25, 0.3) is 0 Å². The summed E-state index contributed by atoms with van der Waals surface area (Å²) in [5.41, 5.74) is 0. The van der Waals surface area contributed by atoms with E-state index in [1.54, 1.807) is 13.8 Å². The largest absolute Gasteiger partial charge is 0.512 e. The highest BCUT2D eigenvalue weighted by Gasteiger charge is 2.08. The van der Waals surface area contributed by atoms with Gasteiger partial charge >= 0.3 is 5.97 Å². The van der Waals surface area contributed by atoms with E-state index < -0.39 is 11.8 Å². The van der Waals surface area contributed by atoms with Gasteiger partial charge in [-0.3, -0.25) is 9.59 Å². The Morgan fingerprint density at radius 3 is 2.46 bits per heavy atom. The molecule has 0 fully saturated rings. The van der Waals surface area contributed by atoms with Crippen molar-refractivity contribution in [2.45, 2.75) is 26.7 Å². The maximum absolute atomic E-state index is 11.0. The lowest BCUT2D eigenvalue weighted by atomic mass is 10.2. The summed E-state index contributed by atoms with van der Waals surface area (Å²) < 4.78 is 4.56. The van der Waals surface area contributed by atoms with Crippen molar-refractivity contribution in [1.29, 1.82) is 0 Å². The van der Waals surface area contributed by atoms with E-state index in [0.717, 1.165) is 6.08 Å². The zero-order valence-electron chi connectivity index (χ0n) is 7.87. The molecule has 4 nitrogen and oxygen atoms in total. The highest BCUT2D eigenvalue weighted by molar-refractivity contribution is 6.02. The maximum atomic E-state index is 11.0. The monoisotopic (exact) mass is 186 g/mol. The molecule has 0 aliphatic heterocycles. The first-order chi connectivity index (χ1) is 6.10. The predicted octanol–water partition coefficient (Wildman–Crippen LogP) is 1.36. The number of rotatable bonds is 5. The van der Waals surface area contributed by atoms with Crippen molar-refractivity contribution in [3.05, 3.63) is 11.8 Å². The van der Waals surface area contributed by atoms with Crippen molar-refractivity contribution in [1.82, 2.24) is 0 Å². The number of aliphatic hydroxyl groups excluding tert-OH is 1. The lowest BCUT2D eigenvalue weighted by molar-refractivity contribution is -0.144. The van der Waals surface area contributed by atoms with Gasteiger partial charge in [0.05, 0.1) is 12.4 Å². The Bertz CT molecular complexity index is 218. The van der Waals surface area contributed by atoms with Crippen LogP contribution >= 0.6 is 0 Å². The van der Waals surface area contributed by atoms with Gasteiger partial charge in [0.2, 0.25) is 0 Å². The molecular weight excluding hydrogens is 172 g/mol. The summed E-state index contributed by atoms with van der Waals surface area (Å²) in [6.45, 7) is 3.64. The molecule has 0 aliphatic rings. The molecule has 0 aromatic rings. The quantitative estimate of drug-likeness (QED) is 0.305. The van der Waals surface area contributed by atoms with Gasteiger partial charge in [-0.15, -0.1) is 0 Å². The molecule has 1 N–H and O–H groups in total. The van der Waals surface area contributed by atoms with Crippen LogP contribution in [-0.2, 0) is 14.3 Å². The fraction of sp³-hybridized carbons (Fsp3) is 0.556. The number of ether oxygens (including phenoxy) is 1. The Balaban J connectivity index is 3.94. The van der Waals surface area contributed by atoms with E-state index in [2.05, 4.69) is 4.74 Å². The molecule has 0 saturated heterocycles. The molecule has 0 heterocycles. The molecular formula is C9H14O4. The number of aliphatic hydroxyl groups is 1. The van der Waals surface area contributed by atoms with Crippen molar-refractivity contribution in [3.63, 3.8) is 0 Å². The van der Waals surface area contributed by atoms with E-state index in [1.165, 1.54) is 0 Å². The second-order valence-electron chi connectivity index (χ2n) is 2.44. The summed E-state index contributed by atoms with van der Waals surface area (Å²) >= 11 is 0. The van der Waals surface area contributed by atoms with Crippen LogP contribution < -0.4 is 0 Å². The Morgan fingerprint density at radius 2 is 2.00 bits per heavy atom. The van der Waals surface area contributed by atoms with Crippen LogP contribution in [0.25, 0.3) is 0 Å². The Morgan fingerprint density at radius 1 is 1.38 bits per heavy atom. The third kappa shape index (κ3) is 5.90. The van der Waals surface area contributed by atoms with Gasteiger partial charge in [0, 0.05) is 12.5 Å². The smallest absolute Gasteiger partial charge is 0.313 e. The van der Waals surface area contributed by atoms with E-state index in [-0.39, 0.29) is 18.8 Å². The molecule has 13 heavy (non-hydrogen) atoms. The first-order valence-electron chi connectivity index (χ1n) is 4.18. The highest BCUT2D eigenvalue weighted by Crippen LogP contribution is 1.97. The van der Waals surface area contributed by atoms with Crippen LogP contribution in [0.2, 0.25) is 0 Å². The minimum Gasteiger partial charge on any atom is -0.512 e. The van der Waals surface area contributed by atoms with Crippen LogP contribution in [0.3, 0.4) is 0 Å². The third-order valence-electron chi connectivity index (χ3n) is 1.31. The van der Waals surface area contributed by atoms with Crippen LogP contribution in [0.4, 0.5) is 0 Å². The maximum Gasteiger partial charge on any atom is 0.313 e. The lowest BCUT2D eigenvalue weighted by Gasteiger charge is -1.98. The van der Waals surface area contributed by atoms with Crippen LogP contribution in [0.1, 0.15) is 26.7 Å². The first-order valence-corrected chi connectivity index (χ1v) is 4.18. The molecule has 0 bridgehead atoms. The van der Waals surface area contributed by atoms with Crippen LogP contribution in [0.5, 0.6) is 0 Å². The molecule has 0 aromatic carbocycles. The Labute approximate surface area is 77.2 Å². The minimum absolute atomic E-state index is 0.0192. The molecule has 0 saturated carbocycles. The molecule has 0 amide bonds. The number of esters is 1. The summed E-state index contributed by atoms with van der Waals surface area (Å²) in [7, 11) is 0. The first kappa shape index (κ1) is 11.7. The number of carbonyl (C=O) groups excluding carboxylic acids is 2. The summed E-state index contributed by atoms with van der Waals surface area (Å²) in [6.07, 6.45) is 1.13. The fourth-order valence-electron chi connectivity index (χ4n) is 0.693. The van der Waals surface area contributed by atoms with E-state index >= 15 is 0 Å². The van der Waals surface area contributed by atoms with Crippen molar-refractivity contribution >= 4 is 11.8 Å². The topological polar surface area (TPSA) is 63.6 Å². The SMILES string of the molecule is CCOC(=O)CC(=O)/C=C(\O)CC. The molecule has 0 unspecified atom stereocenters. The zero-order chi connectivity index (χ0) is 10.3. The Kier molecular flexibility index (Phi) is 5.59. The number of allylic oxidation sites excluding steroid dienone is 2. The van der Waals surface area contributed by atoms with Crippen molar-refractivity contribution in [2.75, 3.05) is 6.61 Å². The van der Waals surface area contributed by atoms with Gasteiger partial charge in [0.15, 0.2) is 5.78 Å². The summed E-state index contributed by atoms with van der Waals surface area (Å²) in [4.78, 5) is 21.7. The van der Waals surface area contributed by atoms with Crippen molar-refractivity contribution < 1.29 is 19.4 Å². The molecule has 4 heteroatoms. The zero-order valence-corrected chi connectivity index (χ0v) is 7.87. The van der Waals surface area contributed by atoms with Gasteiger partial charge in [0.1, 0.15) is 6.42 Å². The summed E-state index contributed by atoms with van der Waals surface area (Å²) in [5, 5.41) is 8.96. The van der Waals surface area contributed by atoms with Gasteiger partial charge < -0.3 is 9.84 Å². The van der Waals surface area contributed by atoms with Crippen molar-refractivity contribution in [2.24, 2.45) is 0 Å². The van der Waals surface area contributed by atoms with Gasteiger partial charge in [-0.05, 0) is 6.92 Å². The van der Waals surface area contributed by atoms with E-state index in [0.29, 0.717) is 6.42 Å². The standard InChI is InChI=1S/C9H14O4/c1-3-7(10)5-8(11)6-9(12)13-4-2/h5,10H,3-4,6H2,1-2H3/b7-5-. The predicted molar refractivity (Wildman–Crippen MR) is 47.3 cm³/mol. The van der Waals surface area contributed by atoms with E-state index in [9.17, 15) is 9.59 Å². The van der Waals surface area contributed by atoms with E-state index in [4.69, 9.17) is 5.11 Å². The highest BCUT2D eigenvalue weighted by atomic mass is 16.5.